The van der Waals surface area contributed by atoms with Crippen molar-refractivity contribution in [2.75, 3.05) is 25.0 Å². The zero-order valence-electron chi connectivity index (χ0n) is 10.9. The molecule has 0 aromatic heterocycles. The molecule has 1 heterocycles. The van der Waals surface area contributed by atoms with Gasteiger partial charge in [0.1, 0.15) is 5.82 Å². The average molecular weight is 282 g/mol. The molecule has 0 saturated carbocycles. The summed E-state index contributed by atoms with van der Waals surface area (Å²) >= 11 is 0. The molecule has 0 spiro atoms. The van der Waals surface area contributed by atoms with Gasteiger partial charge in [-0.15, -0.1) is 0 Å². The fourth-order valence-electron chi connectivity index (χ4n) is 1.97. The highest BCUT2D eigenvalue weighted by molar-refractivity contribution is 5.91. The van der Waals surface area contributed by atoms with Crippen LogP contribution in [-0.4, -0.2) is 47.8 Å². The van der Waals surface area contributed by atoms with Crippen LogP contribution in [0.1, 0.15) is 17.3 Å². The van der Waals surface area contributed by atoms with Crippen LogP contribution < -0.4 is 5.32 Å². The summed E-state index contributed by atoms with van der Waals surface area (Å²) in [5, 5.41) is 11.3. The molecule has 2 rings (SSSR count). The van der Waals surface area contributed by atoms with Gasteiger partial charge in [-0.1, -0.05) is 0 Å². The van der Waals surface area contributed by atoms with Gasteiger partial charge in [-0.2, -0.15) is 0 Å². The lowest BCUT2D eigenvalue weighted by Crippen LogP contribution is -2.46. The first kappa shape index (κ1) is 14.3. The summed E-state index contributed by atoms with van der Waals surface area (Å²) in [4.78, 5) is 24.2. The Balaban J connectivity index is 2.04. The van der Waals surface area contributed by atoms with E-state index < -0.39 is 17.3 Å². The van der Waals surface area contributed by atoms with E-state index in [0.29, 0.717) is 19.7 Å². The Morgan fingerprint density at radius 2 is 2.25 bits per heavy atom. The number of carboxylic acid groups (broad SMARTS) is 1. The van der Waals surface area contributed by atoms with Gasteiger partial charge in [0.25, 0.3) is 0 Å². The number of hydrogen-bond donors (Lipinski definition) is 2. The van der Waals surface area contributed by atoms with Crippen molar-refractivity contribution in [1.82, 2.24) is 4.90 Å². The summed E-state index contributed by atoms with van der Waals surface area (Å²) in [5.74, 6) is -2.23. The highest BCUT2D eigenvalue weighted by Crippen LogP contribution is 2.16. The lowest BCUT2D eigenvalue weighted by Gasteiger charge is -2.31. The van der Waals surface area contributed by atoms with E-state index in [4.69, 9.17) is 9.84 Å². The normalized spacial score (nSPS) is 18.7. The van der Waals surface area contributed by atoms with Crippen LogP contribution in [-0.2, 0) is 4.74 Å². The number of carbonyl (C=O) groups is 2. The van der Waals surface area contributed by atoms with Gasteiger partial charge in [-0.05, 0) is 25.1 Å². The lowest BCUT2D eigenvalue weighted by atomic mass is 10.2. The molecule has 0 bridgehead atoms. The van der Waals surface area contributed by atoms with Crippen molar-refractivity contribution in [2.45, 2.75) is 13.0 Å². The smallest absolute Gasteiger partial charge is 0.338 e. The van der Waals surface area contributed by atoms with E-state index in [1.165, 1.54) is 6.07 Å². The average Bonchev–Trinajstić information content (AvgIpc) is 2.38. The molecule has 1 saturated heterocycles. The number of nitrogens with one attached hydrogen (secondary N) is 1. The van der Waals surface area contributed by atoms with Crippen molar-refractivity contribution in [1.29, 1.82) is 0 Å². The van der Waals surface area contributed by atoms with E-state index in [1.54, 1.807) is 4.90 Å². The second-order valence-corrected chi connectivity index (χ2v) is 4.56. The largest absolute Gasteiger partial charge is 0.478 e. The topological polar surface area (TPSA) is 78.9 Å². The molecule has 108 valence electrons. The minimum absolute atomic E-state index is 0.0411. The maximum Gasteiger partial charge on any atom is 0.338 e. The standard InChI is InChI=1S/C13H15FN2O4/c1-8-7-16(4-5-20-8)13(19)15-9-2-3-10(12(17)18)11(14)6-9/h2-3,6,8H,4-5,7H2,1H3,(H,15,19)(H,17,18). The zero-order chi connectivity index (χ0) is 14.7. The van der Waals surface area contributed by atoms with Gasteiger partial charge in [0.05, 0.1) is 18.3 Å². The molecule has 1 atom stereocenters. The van der Waals surface area contributed by atoms with Crippen LogP contribution in [0.3, 0.4) is 0 Å². The van der Waals surface area contributed by atoms with Gasteiger partial charge in [0, 0.05) is 18.8 Å². The lowest BCUT2D eigenvalue weighted by molar-refractivity contribution is -0.00138. The predicted octanol–water partition coefficient (Wildman–Crippen LogP) is 1.78. The second kappa shape index (κ2) is 5.87. The summed E-state index contributed by atoms with van der Waals surface area (Å²) < 4.78 is 18.8. The van der Waals surface area contributed by atoms with Gasteiger partial charge in [-0.3, -0.25) is 0 Å². The molecule has 2 amide bonds. The molecular weight excluding hydrogens is 267 g/mol. The van der Waals surface area contributed by atoms with Gasteiger partial charge in [0.2, 0.25) is 0 Å². The SMILES string of the molecule is CC1CN(C(=O)Nc2ccc(C(=O)O)c(F)c2)CCO1. The summed E-state index contributed by atoms with van der Waals surface area (Å²) in [6.07, 6.45) is -0.0411. The molecule has 1 aromatic rings. The molecule has 0 aliphatic carbocycles. The molecule has 7 heteroatoms. The van der Waals surface area contributed by atoms with Crippen molar-refractivity contribution in [3.8, 4) is 0 Å². The molecule has 1 unspecified atom stereocenters. The molecule has 1 fully saturated rings. The Morgan fingerprint density at radius 3 is 2.85 bits per heavy atom. The quantitative estimate of drug-likeness (QED) is 0.866. The number of anilines is 1. The minimum atomic E-state index is -1.35. The summed E-state index contributed by atoms with van der Waals surface area (Å²) in [6, 6.07) is 3.11. The van der Waals surface area contributed by atoms with Crippen molar-refractivity contribution in [3.05, 3.63) is 29.6 Å². The Bertz CT molecular complexity index is 535. The number of aromatic carboxylic acids is 1. The molecule has 1 aliphatic heterocycles. The number of rotatable bonds is 2. The Kier molecular flexibility index (Phi) is 4.19. The van der Waals surface area contributed by atoms with Gasteiger partial charge < -0.3 is 20.1 Å². The predicted molar refractivity (Wildman–Crippen MR) is 69.4 cm³/mol. The third kappa shape index (κ3) is 3.24. The minimum Gasteiger partial charge on any atom is -0.478 e. The summed E-state index contributed by atoms with van der Waals surface area (Å²) in [5.41, 5.74) is -0.209. The molecule has 2 N–H and O–H groups in total. The fraction of sp³-hybridized carbons (Fsp3) is 0.385. The number of hydrogen-bond acceptors (Lipinski definition) is 3. The number of amides is 2. The maximum absolute atomic E-state index is 13.5. The molecule has 6 nitrogen and oxygen atoms in total. The molecule has 1 aromatic carbocycles. The van der Waals surface area contributed by atoms with Crippen LogP contribution in [0.25, 0.3) is 0 Å². The number of carboxylic acids is 1. The van der Waals surface area contributed by atoms with E-state index in [-0.39, 0.29) is 17.8 Å². The first-order valence-electron chi connectivity index (χ1n) is 6.17. The molecule has 1 aliphatic rings. The number of halogens is 1. The zero-order valence-corrected chi connectivity index (χ0v) is 10.9. The van der Waals surface area contributed by atoms with E-state index in [9.17, 15) is 14.0 Å². The molecule has 0 radical (unpaired) electrons. The number of carbonyl (C=O) groups excluding carboxylic acids is 1. The van der Waals surface area contributed by atoms with Crippen LogP contribution in [0.15, 0.2) is 18.2 Å². The number of urea groups is 1. The first-order chi connectivity index (χ1) is 9.47. The third-order valence-electron chi connectivity index (χ3n) is 2.98. The van der Waals surface area contributed by atoms with Gasteiger partial charge >= 0.3 is 12.0 Å². The van der Waals surface area contributed by atoms with E-state index in [2.05, 4.69) is 5.32 Å². The van der Waals surface area contributed by atoms with Crippen molar-refractivity contribution < 1.29 is 23.8 Å². The maximum atomic E-state index is 13.5. The Hall–Kier alpha value is -2.15. The van der Waals surface area contributed by atoms with Gasteiger partial charge in [0.15, 0.2) is 0 Å². The van der Waals surface area contributed by atoms with Crippen LogP contribution >= 0.6 is 0 Å². The molecular formula is C13H15FN2O4. The first-order valence-corrected chi connectivity index (χ1v) is 6.17. The monoisotopic (exact) mass is 282 g/mol. The van der Waals surface area contributed by atoms with Crippen molar-refractivity contribution >= 4 is 17.7 Å². The van der Waals surface area contributed by atoms with E-state index >= 15 is 0 Å². The highest BCUT2D eigenvalue weighted by Gasteiger charge is 2.21. The Labute approximate surface area is 115 Å². The number of nitrogens with zero attached hydrogens (tertiary/aromatic N) is 1. The van der Waals surface area contributed by atoms with Crippen LogP contribution in [0.4, 0.5) is 14.9 Å². The van der Waals surface area contributed by atoms with Gasteiger partial charge in [-0.25, -0.2) is 14.0 Å². The molecule has 20 heavy (non-hydrogen) atoms. The number of morpholine rings is 1. The number of ether oxygens (including phenoxy) is 1. The van der Waals surface area contributed by atoms with Crippen LogP contribution in [0.2, 0.25) is 0 Å². The summed E-state index contributed by atoms with van der Waals surface area (Å²) in [6.45, 7) is 3.25. The van der Waals surface area contributed by atoms with Crippen LogP contribution in [0.5, 0.6) is 0 Å². The third-order valence-corrected chi connectivity index (χ3v) is 2.98. The second-order valence-electron chi connectivity index (χ2n) is 4.56. The van der Waals surface area contributed by atoms with Crippen molar-refractivity contribution in [3.63, 3.8) is 0 Å². The highest BCUT2D eigenvalue weighted by atomic mass is 19.1. The van der Waals surface area contributed by atoms with E-state index in [0.717, 1.165) is 12.1 Å². The Morgan fingerprint density at radius 1 is 1.50 bits per heavy atom. The summed E-state index contributed by atoms with van der Waals surface area (Å²) in [7, 11) is 0. The fourth-order valence-corrected chi connectivity index (χ4v) is 1.97. The van der Waals surface area contributed by atoms with E-state index in [1.807, 2.05) is 6.92 Å². The van der Waals surface area contributed by atoms with Crippen LogP contribution in [0, 0.1) is 5.82 Å². The number of benzene rings is 1. The van der Waals surface area contributed by atoms with Crippen molar-refractivity contribution in [2.24, 2.45) is 0 Å².